The third kappa shape index (κ3) is 2.97. The van der Waals surface area contributed by atoms with Crippen molar-refractivity contribution in [3.8, 4) is 11.1 Å². The summed E-state index contributed by atoms with van der Waals surface area (Å²) in [6.07, 6.45) is 0. The van der Waals surface area contributed by atoms with Gasteiger partial charge in [-0.15, -0.1) is 0 Å². The molecule has 3 N–H and O–H groups in total. The first-order valence-corrected chi connectivity index (χ1v) is 9.72. The molecule has 5 nitrogen and oxygen atoms in total. The van der Waals surface area contributed by atoms with Gasteiger partial charge in [0.2, 0.25) is 0 Å². The minimum absolute atomic E-state index is 0.127. The second-order valence-corrected chi connectivity index (χ2v) is 7.27. The first-order valence-electron chi connectivity index (χ1n) is 9.72. The van der Waals surface area contributed by atoms with Crippen LogP contribution in [-0.2, 0) is 7.05 Å². The van der Waals surface area contributed by atoms with Gasteiger partial charge in [0.1, 0.15) is 0 Å². The minimum Gasteiger partial charge on any atom is -0.382 e. The van der Waals surface area contributed by atoms with Crippen molar-refractivity contribution in [2.45, 2.75) is 0 Å². The number of carbonyl (C=O) groups excluding carboxylic acids is 1. The highest BCUT2D eigenvalue weighted by atomic mass is 16.1. The van der Waals surface area contributed by atoms with Gasteiger partial charge in [0.05, 0.1) is 10.9 Å². The Balaban J connectivity index is 1.59. The van der Waals surface area contributed by atoms with E-state index >= 15 is 0 Å². The Morgan fingerprint density at radius 1 is 0.933 bits per heavy atom. The monoisotopic (exact) mass is 392 g/mol. The maximum Gasteiger partial charge on any atom is 0.256 e. The number of aromatic nitrogens is 2. The van der Waals surface area contributed by atoms with Crippen LogP contribution in [0.2, 0.25) is 0 Å². The number of para-hydroxylation sites is 1. The molecule has 5 heteroatoms. The Morgan fingerprint density at radius 3 is 2.57 bits per heavy atom. The Hall–Kier alpha value is -4.12. The first kappa shape index (κ1) is 17.9. The minimum atomic E-state index is -0.127. The molecule has 5 aromatic rings. The van der Waals surface area contributed by atoms with Gasteiger partial charge in [-0.2, -0.15) is 5.10 Å². The van der Waals surface area contributed by atoms with E-state index in [1.807, 2.05) is 85.9 Å². The lowest BCUT2D eigenvalue weighted by molar-refractivity contribution is 0.102. The average molecular weight is 392 g/mol. The quantitative estimate of drug-likeness (QED) is 0.442. The third-order valence-corrected chi connectivity index (χ3v) is 5.37. The van der Waals surface area contributed by atoms with E-state index in [2.05, 4.69) is 16.5 Å². The molecular formula is C25H20N4O. The molecule has 0 aliphatic carbocycles. The molecule has 0 unspecified atom stereocenters. The Morgan fingerprint density at radius 2 is 1.73 bits per heavy atom. The summed E-state index contributed by atoms with van der Waals surface area (Å²) in [6.45, 7) is 0. The number of hydrogen-bond donors (Lipinski definition) is 2. The van der Waals surface area contributed by atoms with Crippen molar-refractivity contribution in [3.63, 3.8) is 0 Å². The van der Waals surface area contributed by atoms with Gasteiger partial charge >= 0.3 is 0 Å². The predicted molar refractivity (Wildman–Crippen MR) is 122 cm³/mol. The predicted octanol–water partition coefficient (Wildman–Crippen LogP) is 5.23. The number of nitrogens with zero attached hydrogens (tertiary/aromatic N) is 2. The molecule has 0 atom stereocenters. The van der Waals surface area contributed by atoms with E-state index in [1.54, 1.807) is 4.68 Å². The number of rotatable bonds is 3. The van der Waals surface area contributed by atoms with E-state index in [1.165, 1.54) is 0 Å². The molecule has 4 aromatic carbocycles. The van der Waals surface area contributed by atoms with Crippen LogP contribution < -0.4 is 11.1 Å². The van der Waals surface area contributed by atoms with Gasteiger partial charge in [-0.3, -0.25) is 9.48 Å². The fourth-order valence-electron chi connectivity index (χ4n) is 3.95. The number of amides is 1. The van der Waals surface area contributed by atoms with E-state index in [4.69, 9.17) is 5.73 Å². The highest BCUT2D eigenvalue weighted by Gasteiger charge is 2.14. The molecular weight excluding hydrogens is 372 g/mol. The summed E-state index contributed by atoms with van der Waals surface area (Å²) >= 11 is 0. The highest BCUT2D eigenvalue weighted by Crippen LogP contribution is 2.34. The number of benzene rings is 4. The van der Waals surface area contributed by atoms with E-state index in [0.717, 1.165) is 38.5 Å². The highest BCUT2D eigenvalue weighted by molar-refractivity contribution is 6.13. The van der Waals surface area contributed by atoms with Crippen molar-refractivity contribution in [1.82, 2.24) is 9.78 Å². The number of carbonyl (C=O) groups is 1. The number of fused-ring (bicyclic) bond motifs is 2. The fourth-order valence-corrected chi connectivity index (χ4v) is 3.95. The number of nitrogens with two attached hydrogens (primary N) is 1. The molecule has 146 valence electrons. The maximum atomic E-state index is 12.9. The van der Waals surface area contributed by atoms with Gasteiger partial charge < -0.3 is 11.1 Å². The molecule has 1 amide bonds. The number of hydrogen-bond acceptors (Lipinski definition) is 3. The van der Waals surface area contributed by atoms with Crippen molar-refractivity contribution >= 4 is 39.1 Å². The Labute approximate surface area is 173 Å². The normalized spacial score (nSPS) is 11.1. The van der Waals surface area contributed by atoms with Gasteiger partial charge in [0.25, 0.3) is 5.91 Å². The van der Waals surface area contributed by atoms with Gasteiger partial charge in [0.15, 0.2) is 5.82 Å². The zero-order valence-corrected chi connectivity index (χ0v) is 16.5. The van der Waals surface area contributed by atoms with Crippen LogP contribution >= 0.6 is 0 Å². The summed E-state index contributed by atoms with van der Waals surface area (Å²) in [5, 5.41) is 10.2. The molecule has 0 bridgehead atoms. The van der Waals surface area contributed by atoms with Gasteiger partial charge in [-0.05, 0) is 52.2 Å². The lowest BCUT2D eigenvalue weighted by atomic mass is 9.96. The summed E-state index contributed by atoms with van der Waals surface area (Å²) in [5.41, 5.74) is 10.6. The maximum absolute atomic E-state index is 12.9. The topological polar surface area (TPSA) is 72.9 Å². The summed E-state index contributed by atoms with van der Waals surface area (Å²) in [4.78, 5) is 12.9. The third-order valence-electron chi connectivity index (χ3n) is 5.37. The fraction of sp³-hybridized carbons (Fsp3) is 0.0400. The largest absolute Gasteiger partial charge is 0.382 e. The number of nitrogen functional groups attached to an aromatic ring is 1. The van der Waals surface area contributed by atoms with Crippen molar-refractivity contribution < 1.29 is 4.79 Å². The zero-order chi connectivity index (χ0) is 20.7. The summed E-state index contributed by atoms with van der Waals surface area (Å²) in [7, 11) is 1.89. The van der Waals surface area contributed by atoms with E-state index < -0.39 is 0 Å². The summed E-state index contributed by atoms with van der Waals surface area (Å²) in [5.74, 6) is 0.386. The summed E-state index contributed by atoms with van der Waals surface area (Å²) < 4.78 is 1.79. The van der Waals surface area contributed by atoms with E-state index in [0.29, 0.717) is 11.4 Å². The summed E-state index contributed by atoms with van der Waals surface area (Å²) in [6, 6.07) is 27.4. The molecule has 0 fully saturated rings. The van der Waals surface area contributed by atoms with Crippen LogP contribution in [0.1, 0.15) is 10.4 Å². The first-order chi connectivity index (χ1) is 14.6. The van der Waals surface area contributed by atoms with Gasteiger partial charge in [-0.1, -0.05) is 54.6 Å². The lowest BCUT2D eigenvalue weighted by Crippen LogP contribution is -2.12. The lowest BCUT2D eigenvalue weighted by Gasteiger charge is -2.10. The van der Waals surface area contributed by atoms with Crippen molar-refractivity contribution in [2.24, 2.45) is 7.05 Å². The second kappa shape index (κ2) is 7.04. The molecule has 0 spiro atoms. The van der Waals surface area contributed by atoms with E-state index in [-0.39, 0.29) is 5.91 Å². The SMILES string of the molecule is Cn1nc(N)c2c(-c3ccc4c(C(=O)Nc5ccccc5)cccc4c3)cccc21. The van der Waals surface area contributed by atoms with Gasteiger partial charge in [0, 0.05) is 18.3 Å². The molecule has 0 saturated heterocycles. The zero-order valence-electron chi connectivity index (χ0n) is 16.5. The molecule has 5 rings (SSSR count). The number of aryl methyl sites for hydroxylation is 1. The standard InChI is InChI=1S/C25H20N4O/c1-29-22-12-6-10-20(23(22)24(26)28-29)17-13-14-19-16(15-17)7-5-11-21(19)25(30)27-18-8-3-2-4-9-18/h2-15H,1H3,(H2,26,28)(H,27,30). The number of nitrogens with one attached hydrogen (secondary N) is 1. The number of anilines is 2. The van der Waals surface area contributed by atoms with Crippen LogP contribution in [0.3, 0.4) is 0 Å². The Bertz CT molecular complexity index is 1400. The van der Waals surface area contributed by atoms with Crippen LogP contribution in [0.25, 0.3) is 32.8 Å². The molecule has 0 aliphatic rings. The van der Waals surface area contributed by atoms with Crippen LogP contribution in [0.15, 0.2) is 84.9 Å². The molecule has 0 saturated carbocycles. The Kier molecular flexibility index (Phi) is 4.21. The van der Waals surface area contributed by atoms with E-state index in [9.17, 15) is 4.79 Å². The molecule has 30 heavy (non-hydrogen) atoms. The molecule has 0 radical (unpaired) electrons. The van der Waals surface area contributed by atoms with Crippen molar-refractivity contribution in [3.05, 3.63) is 90.5 Å². The van der Waals surface area contributed by atoms with Crippen molar-refractivity contribution in [1.29, 1.82) is 0 Å². The smallest absolute Gasteiger partial charge is 0.256 e. The average Bonchev–Trinajstić information content (AvgIpc) is 3.07. The van der Waals surface area contributed by atoms with Crippen LogP contribution in [0.4, 0.5) is 11.5 Å². The molecule has 1 aromatic heterocycles. The van der Waals surface area contributed by atoms with Crippen molar-refractivity contribution in [2.75, 3.05) is 11.1 Å². The molecule has 1 heterocycles. The van der Waals surface area contributed by atoms with Crippen LogP contribution in [-0.4, -0.2) is 15.7 Å². The van der Waals surface area contributed by atoms with Gasteiger partial charge in [-0.25, -0.2) is 0 Å². The molecule has 0 aliphatic heterocycles. The van der Waals surface area contributed by atoms with Crippen LogP contribution in [0, 0.1) is 0 Å². The second-order valence-electron chi connectivity index (χ2n) is 7.27. The van der Waals surface area contributed by atoms with Crippen LogP contribution in [0.5, 0.6) is 0 Å².